The fraction of sp³-hybridized carbons (Fsp3) is 0.556. The first kappa shape index (κ1) is 16.0. The van der Waals surface area contributed by atoms with Crippen LogP contribution in [-0.2, 0) is 14.3 Å². The third-order valence-corrected chi connectivity index (χ3v) is 4.72. The molecule has 0 atom stereocenters. The van der Waals surface area contributed by atoms with Gasteiger partial charge >= 0.3 is 0 Å². The Morgan fingerprint density at radius 2 is 1.83 bits per heavy atom. The lowest BCUT2D eigenvalue weighted by Crippen LogP contribution is -2.47. The fourth-order valence-corrected chi connectivity index (χ4v) is 3.09. The summed E-state index contributed by atoms with van der Waals surface area (Å²) in [5.74, 6) is 0.110. The molecule has 1 aliphatic carbocycles. The maximum Gasteiger partial charge on any atom is 0.240 e. The van der Waals surface area contributed by atoms with Crippen molar-refractivity contribution < 1.29 is 14.3 Å². The van der Waals surface area contributed by atoms with Gasteiger partial charge in [-0.05, 0) is 30.4 Å². The van der Waals surface area contributed by atoms with E-state index < -0.39 is 5.41 Å². The van der Waals surface area contributed by atoms with E-state index in [-0.39, 0.29) is 11.8 Å². The molecule has 1 aliphatic heterocycles. The summed E-state index contributed by atoms with van der Waals surface area (Å²) in [6.45, 7) is 6.46. The van der Waals surface area contributed by atoms with Gasteiger partial charge in [-0.25, -0.2) is 0 Å². The van der Waals surface area contributed by atoms with Crippen LogP contribution in [0.1, 0.15) is 38.2 Å². The zero-order chi connectivity index (χ0) is 16.4. The number of hydrogen-bond donors (Lipinski definition) is 1. The van der Waals surface area contributed by atoms with Crippen molar-refractivity contribution in [2.75, 3.05) is 31.6 Å². The molecule has 0 bridgehead atoms. The van der Waals surface area contributed by atoms with E-state index in [2.05, 4.69) is 19.2 Å². The van der Waals surface area contributed by atoms with Gasteiger partial charge in [0.2, 0.25) is 11.8 Å². The second kappa shape index (κ2) is 6.32. The van der Waals surface area contributed by atoms with Crippen molar-refractivity contribution in [2.45, 2.75) is 32.6 Å². The summed E-state index contributed by atoms with van der Waals surface area (Å²) in [5.41, 5.74) is 1.05. The van der Waals surface area contributed by atoms with Crippen LogP contribution in [0.4, 0.5) is 5.69 Å². The van der Waals surface area contributed by atoms with E-state index in [0.29, 0.717) is 45.1 Å². The van der Waals surface area contributed by atoms with Gasteiger partial charge < -0.3 is 15.0 Å². The lowest BCUT2D eigenvalue weighted by molar-refractivity contribution is -0.145. The summed E-state index contributed by atoms with van der Waals surface area (Å²) in [6.07, 6.45) is 1.28. The molecule has 5 nitrogen and oxygen atoms in total. The smallest absolute Gasteiger partial charge is 0.240 e. The summed E-state index contributed by atoms with van der Waals surface area (Å²) in [7, 11) is 0. The predicted octanol–water partition coefficient (Wildman–Crippen LogP) is 2.39. The Hall–Kier alpha value is -1.88. The van der Waals surface area contributed by atoms with Crippen LogP contribution in [0.5, 0.6) is 0 Å². The maximum atomic E-state index is 12.8. The molecule has 1 saturated heterocycles. The first-order valence-electron chi connectivity index (χ1n) is 8.32. The van der Waals surface area contributed by atoms with Crippen LogP contribution in [0.3, 0.4) is 0 Å². The quantitative estimate of drug-likeness (QED) is 0.868. The van der Waals surface area contributed by atoms with E-state index in [1.165, 1.54) is 0 Å². The van der Waals surface area contributed by atoms with Crippen LogP contribution < -0.4 is 5.32 Å². The molecule has 2 aliphatic rings. The zero-order valence-electron chi connectivity index (χ0n) is 13.8. The minimum Gasteiger partial charge on any atom is -0.378 e. The number of morpholine rings is 1. The Labute approximate surface area is 137 Å². The van der Waals surface area contributed by atoms with E-state index in [9.17, 15) is 9.59 Å². The second-order valence-corrected chi connectivity index (χ2v) is 6.68. The van der Waals surface area contributed by atoms with Crippen molar-refractivity contribution in [3.05, 3.63) is 29.8 Å². The highest BCUT2D eigenvalue weighted by Gasteiger charge is 2.58. The largest absolute Gasteiger partial charge is 0.378 e. The molecule has 1 saturated carbocycles. The zero-order valence-corrected chi connectivity index (χ0v) is 13.8. The van der Waals surface area contributed by atoms with Crippen LogP contribution in [0.15, 0.2) is 24.3 Å². The molecule has 0 unspecified atom stereocenters. The van der Waals surface area contributed by atoms with Crippen LogP contribution in [0.2, 0.25) is 0 Å². The highest BCUT2D eigenvalue weighted by molar-refractivity contribution is 6.13. The van der Waals surface area contributed by atoms with Crippen molar-refractivity contribution >= 4 is 17.5 Å². The summed E-state index contributed by atoms with van der Waals surface area (Å²) in [5, 5.41) is 3.00. The predicted molar refractivity (Wildman–Crippen MR) is 88.2 cm³/mol. The van der Waals surface area contributed by atoms with Crippen LogP contribution in [-0.4, -0.2) is 43.0 Å². The van der Waals surface area contributed by atoms with Crippen LogP contribution in [0.25, 0.3) is 0 Å². The Kier molecular flexibility index (Phi) is 4.39. The number of carbonyl (C=O) groups excluding carboxylic acids is 2. The average molecular weight is 316 g/mol. The van der Waals surface area contributed by atoms with Gasteiger partial charge in [-0.1, -0.05) is 32.0 Å². The Bertz CT molecular complexity index is 602. The summed E-state index contributed by atoms with van der Waals surface area (Å²) in [4.78, 5) is 27.3. The number of hydrogen-bond acceptors (Lipinski definition) is 3. The molecule has 0 spiro atoms. The molecule has 2 fully saturated rings. The highest BCUT2D eigenvalue weighted by Crippen LogP contribution is 2.48. The normalized spacial score (nSPS) is 19.5. The van der Waals surface area contributed by atoms with E-state index in [1.54, 1.807) is 4.90 Å². The number of benzene rings is 1. The Balaban J connectivity index is 1.74. The Morgan fingerprint density at radius 1 is 1.17 bits per heavy atom. The summed E-state index contributed by atoms with van der Waals surface area (Å²) >= 11 is 0. The topological polar surface area (TPSA) is 58.6 Å². The third-order valence-electron chi connectivity index (χ3n) is 4.72. The number of nitrogens with one attached hydrogen (secondary N) is 1. The number of ether oxygens (including phenoxy) is 1. The van der Waals surface area contributed by atoms with Crippen molar-refractivity contribution in [2.24, 2.45) is 5.41 Å². The SMILES string of the molecule is CC(C)c1ccccc1NC(=O)C1(C(=O)N2CCOCC2)CC1. The molecule has 124 valence electrons. The van der Waals surface area contributed by atoms with E-state index in [1.807, 2.05) is 24.3 Å². The van der Waals surface area contributed by atoms with Gasteiger partial charge in [0.1, 0.15) is 5.41 Å². The fourth-order valence-electron chi connectivity index (χ4n) is 3.09. The molecule has 3 rings (SSSR count). The number of carbonyl (C=O) groups is 2. The lowest BCUT2D eigenvalue weighted by atomic mass is 9.99. The molecular formula is C18H24N2O3. The molecule has 1 N–H and O–H groups in total. The number of anilines is 1. The molecule has 0 aromatic heterocycles. The molecule has 2 amide bonds. The average Bonchev–Trinajstić information content (AvgIpc) is 3.37. The minimum atomic E-state index is -0.860. The molecule has 1 heterocycles. The summed E-state index contributed by atoms with van der Waals surface area (Å²) < 4.78 is 5.29. The van der Waals surface area contributed by atoms with Gasteiger partial charge in [0, 0.05) is 18.8 Å². The molecular weight excluding hydrogens is 292 g/mol. The van der Waals surface area contributed by atoms with E-state index in [4.69, 9.17) is 4.74 Å². The monoisotopic (exact) mass is 316 g/mol. The first-order valence-corrected chi connectivity index (χ1v) is 8.32. The standard InChI is InChI=1S/C18H24N2O3/c1-13(2)14-5-3-4-6-15(14)19-16(21)18(7-8-18)17(22)20-9-11-23-12-10-20/h3-6,13H,7-12H2,1-2H3,(H,19,21). The highest BCUT2D eigenvalue weighted by atomic mass is 16.5. The Morgan fingerprint density at radius 3 is 2.43 bits per heavy atom. The third kappa shape index (κ3) is 3.11. The second-order valence-electron chi connectivity index (χ2n) is 6.68. The van der Waals surface area contributed by atoms with Gasteiger partial charge in [0.15, 0.2) is 0 Å². The van der Waals surface area contributed by atoms with Crippen molar-refractivity contribution in [3.63, 3.8) is 0 Å². The van der Waals surface area contributed by atoms with Gasteiger partial charge in [-0.3, -0.25) is 9.59 Å². The number of rotatable bonds is 4. The van der Waals surface area contributed by atoms with E-state index in [0.717, 1.165) is 11.3 Å². The van der Waals surface area contributed by atoms with Crippen LogP contribution >= 0.6 is 0 Å². The van der Waals surface area contributed by atoms with E-state index >= 15 is 0 Å². The number of nitrogens with zero attached hydrogens (tertiary/aromatic N) is 1. The van der Waals surface area contributed by atoms with Gasteiger partial charge in [0.05, 0.1) is 13.2 Å². The molecule has 23 heavy (non-hydrogen) atoms. The molecule has 1 aromatic carbocycles. The summed E-state index contributed by atoms with van der Waals surface area (Å²) in [6, 6.07) is 7.80. The molecule has 5 heteroatoms. The number of para-hydroxylation sites is 1. The molecule has 1 aromatic rings. The molecule has 0 radical (unpaired) electrons. The first-order chi connectivity index (χ1) is 11.0. The van der Waals surface area contributed by atoms with Gasteiger partial charge in [0.25, 0.3) is 0 Å². The van der Waals surface area contributed by atoms with Crippen molar-refractivity contribution in [1.82, 2.24) is 4.90 Å². The maximum absolute atomic E-state index is 12.8. The van der Waals surface area contributed by atoms with Gasteiger partial charge in [-0.2, -0.15) is 0 Å². The minimum absolute atomic E-state index is 0.0414. The van der Waals surface area contributed by atoms with Crippen molar-refractivity contribution in [3.8, 4) is 0 Å². The number of amides is 2. The van der Waals surface area contributed by atoms with Gasteiger partial charge in [-0.15, -0.1) is 0 Å². The lowest BCUT2D eigenvalue weighted by Gasteiger charge is -2.30. The van der Waals surface area contributed by atoms with Crippen molar-refractivity contribution in [1.29, 1.82) is 0 Å². The van der Waals surface area contributed by atoms with Crippen LogP contribution in [0, 0.1) is 5.41 Å².